The number of halogens is 7. The van der Waals surface area contributed by atoms with E-state index in [1.165, 1.54) is 17.0 Å². The number of nitrogens with one attached hydrogen (secondary N) is 2. The zero-order valence-electron chi connectivity index (χ0n) is 21.2. The van der Waals surface area contributed by atoms with Gasteiger partial charge in [0.05, 0.1) is 19.3 Å². The van der Waals surface area contributed by atoms with Gasteiger partial charge in [0.15, 0.2) is 0 Å². The summed E-state index contributed by atoms with van der Waals surface area (Å²) in [6.45, 7) is 2.19. The maximum atomic E-state index is 13.7. The van der Waals surface area contributed by atoms with Gasteiger partial charge >= 0.3 is 12.5 Å². The molecule has 2 N–H and O–H groups in total. The summed E-state index contributed by atoms with van der Waals surface area (Å²) in [6, 6.07) is 9.60. The molecule has 1 aromatic heterocycles. The molecule has 0 unspecified atom stereocenters. The van der Waals surface area contributed by atoms with Gasteiger partial charge in [-0.15, -0.1) is 13.2 Å². The van der Waals surface area contributed by atoms with Gasteiger partial charge in [0.25, 0.3) is 0 Å². The summed E-state index contributed by atoms with van der Waals surface area (Å²) in [5, 5.41) is 3.88. The lowest BCUT2D eigenvalue weighted by atomic mass is 9.88. The highest BCUT2D eigenvalue weighted by atomic mass is 19.4. The third-order valence-electron chi connectivity index (χ3n) is 7.42. The molecule has 12 heteroatoms. The van der Waals surface area contributed by atoms with Crippen LogP contribution in [0.1, 0.15) is 29.8 Å². The number of alkyl halides is 7. The van der Waals surface area contributed by atoms with Gasteiger partial charge in [-0.05, 0) is 31.0 Å². The van der Waals surface area contributed by atoms with Gasteiger partial charge in [-0.25, -0.2) is 0 Å². The molecule has 0 bridgehead atoms. The lowest BCUT2D eigenvalue weighted by Gasteiger charge is -2.41. The predicted molar refractivity (Wildman–Crippen MR) is 134 cm³/mol. The van der Waals surface area contributed by atoms with E-state index in [4.69, 9.17) is 0 Å². The zero-order chi connectivity index (χ0) is 27.9. The minimum absolute atomic E-state index is 0.0168. The van der Waals surface area contributed by atoms with Crippen molar-refractivity contribution in [3.8, 4) is 5.75 Å². The van der Waals surface area contributed by atoms with Crippen molar-refractivity contribution < 1.29 is 35.5 Å². The maximum absolute atomic E-state index is 13.7. The third kappa shape index (κ3) is 6.11. The summed E-state index contributed by atoms with van der Waals surface area (Å²) in [7, 11) is 0. The Morgan fingerprint density at radius 1 is 1.05 bits per heavy atom. The Hall–Kier alpha value is -2.99. The average molecular weight is 559 g/mol. The van der Waals surface area contributed by atoms with Crippen molar-refractivity contribution in [3.63, 3.8) is 0 Å². The van der Waals surface area contributed by atoms with Crippen LogP contribution in [0, 0.1) is 5.92 Å². The number of rotatable bonds is 8. The van der Waals surface area contributed by atoms with Gasteiger partial charge in [0, 0.05) is 72.1 Å². The molecule has 2 aliphatic heterocycles. The van der Waals surface area contributed by atoms with Crippen LogP contribution in [0.15, 0.2) is 42.5 Å². The first-order chi connectivity index (χ1) is 18.4. The fraction of sp³-hybridized carbons (Fsp3) is 0.481. The highest BCUT2D eigenvalue weighted by Gasteiger charge is 2.44. The normalized spacial score (nSPS) is 21.1. The van der Waals surface area contributed by atoms with Crippen LogP contribution in [0.4, 0.5) is 36.4 Å². The smallest absolute Gasteiger partial charge is 0.405 e. The zero-order valence-corrected chi connectivity index (χ0v) is 21.2. The van der Waals surface area contributed by atoms with Gasteiger partial charge in [-0.2, -0.15) is 13.2 Å². The average Bonchev–Trinajstić information content (AvgIpc) is 3.18. The van der Waals surface area contributed by atoms with E-state index in [1.54, 1.807) is 25.1 Å². The number of fused-ring (bicyclic) bond motifs is 3. The Balaban J connectivity index is 1.51. The number of H-pyrrole nitrogens is 1. The topological polar surface area (TPSA) is 43.5 Å². The first kappa shape index (κ1) is 27.6. The summed E-state index contributed by atoms with van der Waals surface area (Å²) in [5.41, 5.74) is 2.22. The van der Waals surface area contributed by atoms with Crippen molar-refractivity contribution in [2.75, 3.05) is 44.7 Å². The Morgan fingerprint density at radius 2 is 1.79 bits per heavy atom. The highest BCUT2D eigenvalue weighted by Crippen LogP contribution is 2.46. The number of aromatic nitrogens is 1. The SMILES string of the molecule is C[C@@H]1Cc2c([nH]c3ccccc23)[C@@H](c2ccc(NCCN3CC(CF)C3)cc2OC(F)(F)F)N1CC(F)(F)F. The maximum Gasteiger partial charge on any atom is 0.573 e. The first-order valence-corrected chi connectivity index (χ1v) is 12.8. The highest BCUT2D eigenvalue weighted by molar-refractivity contribution is 5.85. The molecule has 0 amide bonds. The van der Waals surface area contributed by atoms with Crippen molar-refractivity contribution in [2.45, 2.75) is 38.0 Å². The summed E-state index contributed by atoms with van der Waals surface area (Å²) in [5.74, 6) is -0.548. The lowest BCUT2D eigenvalue weighted by Crippen LogP contribution is -2.49. The summed E-state index contributed by atoms with van der Waals surface area (Å²) >= 11 is 0. The molecular formula is C27H29F7N4O. The van der Waals surface area contributed by atoms with Crippen LogP contribution in [-0.4, -0.2) is 72.8 Å². The molecular weight excluding hydrogens is 529 g/mol. The number of likely N-dealkylation sites (tertiary alicyclic amines) is 1. The second kappa shape index (κ2) is 10.5. The molecule has 1 fully saturated rings. The number of hydrogen-bond donors (Lipinski definition) is 2. The molecule has 39 heavy (non-hydrogen) atoms. The molecule has 212 valence electrons. The van der Waals surface area contributed by atoms with E-state index in [0.717, 1.165) is 10.9 Å². The molecule has 0 saturated carbocycles. The number of ether oxygens (including phenoxy) is 1. The molecule has 0 radical (unpaired) electrons. The number of anilines is 1. The van der Waals surface area contributed by atoms with E-state index in [9.17, 15) is 30.7 Å². The molecule has 2 aliphatic rings. The van der Waals surface area contributed by atoms with Crippen molar-refractivity contribution in [1.82, 2.24) is 14.8 Å². The number of aromatic amines is 1. The van der Waals surface area contributed by atoms with Crippen LogP contribution in [-0.2, 0) is 6.42 Å². The Morgan fingerprint density at radius 3 is 2.49 bits per heavy atom. The largest absolute Gasteiger partial charge is 0.573 e. The van der Waals surface area contributed by atoms with Crippen molar-refractivity contribution in [2.24, 2.45) is 5.92 Å². The Bertz CT molecular complexity index is 1300. The van der Waals surface area contributed by atoms with E-state index in [1.807, 2.05) is 17.0 Å². The van der Waals surface area contributed by atoms with Crippen LogP contribution in [0.5, 0.6) is 5.75 Å². The van der Waals surface area contributed by atoms with Crippen molar-refractivity contribution in [3.05, 3.63) is 59.3 Å². The van der Waals surface area contributed by atoms with E-state index in [-0.39, 0.29) is 18.2 Å². The number of para-hydroxylation sites is 1. The second-order valence-corrected chi connectivity index (χ2v) is 10.3. The quantitative estimate of drug-likeness (QED) is 0.320. The predicted octanol–water partition coefficient (Wildman–Crippen LogP) is 6.28. The van der Waals surface area contributed by atoms with Gasteiger partial charge < -0.3 is 19.9 Å². The molecule has 5 nitrogen and oxygen atoms in total. The molecule has 3 heterocycles. The van der Waals surface area contributed by atoms with Crippen LogP contribution in [0.3, 0.4) is 0 Å². The first-order valence-electron chi connectivity index (χ1n) is 12.8. The summed E-state index contributed by atoms with van der Waals surface area (Å²) < 4.78 is 98.8. The molecule has 2 atom stereocenters. The van der Waals surface area contributed by atoms with Gasteiger partial charge in [0.2, 0.25) is 0 Å². The number of benzene rings is 2. The van der Waals surface area contributed by atoms with Crippen LogP contribution >= 0.6 is 0 Å². The fourth-order valence-corrected chi connectivity index (χ4v) is 5.69. The second-order valence-electron chi connectivity index (χ2n) is 10.3. The van der Waals surface area contributed by atoms with Crippen LogP contribution in [0.2, 0.25) is 0 Å². The number of nitrogens with zero attached hydrogens (tertiary/aromatic N) is 2. The summed E-state index contributed by atoms with van der Waals surface area (Å²) in [6.07, 6.45) is -9.31. The van der Waals surface area contributed by atoms with Crippen molar-refractivity contribution in [1.29, 1.82) is 0 Å². The lowest BCUT2D eigenvalue weighted by molar-refractivity contribution is -0.275. The van der Waals surface area contributed by atoms with E-state index in [2.05, 4.69) is 15.0 Å². The van der Waals surface area contributed by atoms with E-state index < -0.39 is 36.9 Å². The molecule has 0 spiro atoms. The standard InChI is InChI=1S/C27H29F7N4O/c1-16-10-21-19-4-2-3-5-22(19)36-24(21)25(38(16)15-26(29,30)31)20-7-6-18(11-23(20)39-27(32,33)34)35-8-9-37-13-17(12-28)14-37/h2-7,11,16-17,25,35-36H,8-10,12-15H2,1H3/t16-,25-/m1/s1. The summed E-state index contributed by atoms with van der Waals surface area (Å²) in [4.78, 5) is 6.38. The van der Waals surface area contributed by atoms with Gasteiger partial charge in [-0.3, -0.25) is 9.29 Å². The molecule has 5 rings (SSSR count). The van der Waals surface area contributed by atoms with E-state index in [0.29, 0.717) is 49.5 Å². The van der Waals surface area contributed by atoms with Gasteiger partial charge in [-0.1, -0.05) is 24.3 Å². The minimum Gasteiger partial charge on any atom is -0.405 e. The van der Waals surface area contributed by atoms with Crippen LogP contribution < -0.4 is 10.1 Å². The van der Waals surface area contributed by atoms with Gasteiger partial charge in [0.1, 0.15) is 5.75 Å². The minimum atomic E-state index is -5.05. The monoisotopic (exact) mass is 558 g/mol. The third-order valence-corrected chi connectivity index (χ3v) is 7.42. The fourth-order valence-electron chi connectivity index (χ4n) is 5.69. The number of hydrogen-bond acceptors (Lipinski definition) is 4. The Labute approximate surface area is 220 Å². The molecule has 1 saturated heterocycles. The molecule has 0 aliphatic carbocycles. The molecule has 2 aromatic carbocycles. The van der Waals surface area contributed by atoms with Crippen molar-refractivity contribution >= 4 is 16.6 Å². The molecule has 3 aromatic rings. The van der Waals surface area contributed by atoms with Crippen LogP contribution in [0.25, 0.3) is 10.9 Å². The van der Waals surface area contributed by atoms with E-state index >= 15 is 0 Å². The Kier molecular flexibility index (Phi) is 7.45.